The van der Waals surface area contributed by atoms with E-state index in [2.05, 4.69) is 4.72 Å². The zero-order chi connectivity index (χ0) is 10.5. The SMILES string of the molecule is CCC(CC)NS(=O)(=O)C(C)CN. The van der Waals surface area contributed by atoms with Crippen LogP contribution in [0.15, 0.2) is 0 Å². The van der Waals surface area contributed by atoms with Gasteiger partial charge in [0, 0.05) is 12.6 Å². The molecule has 0 aromatic rings. The molecule has 0 rings (SSSR count). The molecular weight excluding hydrogens is 188 g/mol. The van der Waals surface area contributed by atoms with Gasteiger partial charge < -0.3 is 5.73 Å². The predicted molar refractivity (Wildman–Crippen MR) is 54.9 cm³/mol. The molecule has 3 N–H and O–H groups in total. The van der Waals surface area contributed by atoms with E-state index in [-0.39, 0.29) is 12.6 Å². The van der Waals surface area contributed by atoms with Gasteiger partial charge in [0.15, 0.2) is 0 Å². The van der Waals surface area contributed by atoms with Crippen LogP contribution in [0.4, 0.5) is 0 Å². The van der Waals surface area contributed by atoms with Crippen molar-refractivity contribution in [2.24, 2.45) is 5.73 Å². The Kier molecular flexibility index (Phi) is 5.51. The summed E-state index contributed by atoms with van der Waals surface area (Å²) in [5.74, 6) is 0. The molecule has 5 heteroatoms. The highest BCUT2D eigenvalue weighted by molar-refractivity contribution is 7.90. The van der Waals surface area contributed by atoms with Crippen molar-refractivity contribution in [2.75, 3.05) is 6.54 Å². The molecule has 0 aromatic carbocycles. The number of hydrogen-bond acceptors (Lipinski definition) is 3. The molecule has 0 aliphatic rings. The third kappa shape index (κ3) is 4.06. The first-order valence-corrected chi connectivity index (χ1v) is 6.23. The Morgan fingerprint density at radius 1 is 1.31 bits per heavy atom. The molecule has 0 aliphatic heterocycles. The first-order valence-electron chi connectivity index (χ1n) is 4.69. The summed E-state index contributed by atoms with van der Waals surface area (Å²) in [6.07, 6.45) is 1.63. The minimum atomic E-state index is -3.21. The minimum Gasteiger partial charge on any atom is -0.329 e. The van der Waals surface area contributed by atoms with Crippen LogP contribution >= 0.6 is 0 Å². The average Bonchev–Trinajstić information content (AvgIpc) is 2.12. The molecule has 0 radical (unpaired) electrons. The molecule has 13 heavy (non-hydrogen) atoms. The topological polar surface area (TPSA) is 72.2 Å². The molecule has 0 aliphatic carbocycles. The van der Waals surface area contributed by atoms with Crippen LogP contribution in [0, 0.1) is 0 Å². The predicted octanol–water partition coefficient (Wildman–Crippen LogP) is 0.442. The monoisotopic (exact) mass is 208 g/mol. The largest absolute Gasteiger partial charge is 0.329 e. The second-order valence-electron chi connectivity index (χ2n) is 3.22. The van der Waals surface area contributed by atoms with Crippen LogP contribution < -0.4 is 10.5 Å². The highest BCUT2D eigenvalue weighted by atomic mass is 32.2. The van der Waals surface area contributed by atoms with Crippen LogP contribution in [0.5, 0.6) is 0 Å². The first kappa shape index (κ1) is 12.9. The van der Waals surface area contributed by atoms with E-state index in [1.807, 2.05) is 13.8 Å². The van der Waals surface area contributed by atoms with Gasteiger partial charge in [-0.3, -0.25) is 0 Å². The molecule has 0 amide bonds. The molecule has 0 bridgehead atoms. The van der Waals surface area contributed by atoms with E-state index in [0.717, 1.165) is 12.8 Å². The molecule has 80 valence electrons. The lowest BCUT2D eigenvalue weighted by Crippen LogP contribution is -2.42. The van der Waals surface area contributed by atoms with E-state index in [4.69, 9.17) is 5.73 Å². The van der Waals surface area contributed by atoms with E-state index < -0.39 is 15.3 Å². The van der Waals surface area contributed by atoms with Crippen LogP contribution in [-0.4, -0.2) is 26.3 Å². The Morgan fingerprint density at radius 2 is 1.77 bits per heavy atom. The molecule has 4 nitrogen and oxygen atoms in total. The molecule has 1 unspecified atom stereocenters. The number of nitrogens with one attached hydrogen (secondary N) is 1. The van der Waals surface area contributed by atoms with E-state index in [0.29, 0.717) is 0 Å². The lowest BCUT2D eigenvalue weighted by Gasteiger charge is -2.18. The number of nitrogens with two attached hydrogens (primary N) is 1. The molecule has 0 fully saturated rings. The Bertz CT molecular complexity index is 222. The normalized spacial score (nSPS) is 14.8. The number of hydrogen-bond donors (Lipinski definition) is 2. The highest BCUT2D eigenvalue weighted by Crippen LogP contribution is 2.03. The fourth-order valence-corrected chi connectivity index (χ4v) is 2.21. The minimum absolute atomic E-state index is 0.0407. The third-order valence-corrected chi connectivity index (χ3v) is 4.09. The third-order valence-electron chi connectivity index (χ3n) is 2.18. The number of rotatable bonds is 6. The van der Waals surface area contributed by atoms with Gasteiger partial charge in [0.2, 0.25) is 10.0 Å². The van der Waals surface area contributed by atoms with Crippen LogP contribution in [0.1, 0.15) is 33.6 Å². The van der Waals surface area contributed by atoms with Crippen molar-refractivity contribution in [2.45, 2.75) is 44.9 Å². The average molecular weight is 208 g/mol. The second kappa shape index (κ2) is 5.57. The van der Waals surface area contributed by atoms with Gasteiger partial charge in [0.25, 0.3) is 0 Å². The van der Waals surface area contributed by atoms with Crippen molar-refractivity contribution in [3.05, 3.63) is 0 Å². The van der Waals surface area contributed by atoms with Crippen molar-refractivity contribution in [3.8, 4) is 0 Å². The maximum absolute atomic E-state index is 11.5. The molecule has 1 atom stereocenters. The Morgan fingerprint density at radius 3 is 2.08 bits per heavy atom. The van der Waals surface area contributed by atoms with Gasteiger partial charge in [0.05, 0.1) is 5.25 Å². The van der Waals surface area contributed by atoms with Gasteiger partial charge in [-0.1, -0.05) is 13.8 Å². The summed E-state index contributed by atoms with van der Waals surface area (Å²) in [6.45, 7) is 5.70. The molecular formula is C8H20N2O2S. The Hall–Kier alpha value is -0.130. The Labute approximate surface area is 80.9 Å². The van der Waals surface area contributed by atoms with Crippen LogP contribution in [-0.2, 0) is 10.0 Å². The fourth-order valence-electron chi connectivity index (χ4n) is 0.930. The Balaban J connectivity index is 4.32. The standard InChI is InChI=1S/C8H20N2O2S/c1-4-8(5-2)10-13(11,12)7(3)6-9/h7-8,10H,4-6,9H2,1-3H3. The highest BCUT2D eigenvalue weighted by Gasteiger charge is 2.21. The van der Waals surface area contributed by atoms with Crippen molar-refractivity contribution in [3.63, 3.8) is 0 Å². The molecule has 0 saturated carbocycles. The quantitative estimate of drug-likeness (QED) is 0.665. The van der Waals surface area contributed by atoms with Gasteiger partial charge in [-0.25, -0.2) is 13.1 Å². The maximum atomic E-state index is 11.5. The summed E-state index contributed by atoms with van der Waals surface area (Å²) in [6, 6.07) is 0.0407. The zero-order valence-corrected chi connectivity index (χ0v) is 9.39. The van der Waals surface area contributed by atoms with E-state index in [1.165, 1.54) is 0 Å². The molecule has 0 aromatic heterocycles. The van der Waals surface area contributed by atoms with Gasteiger partial charge in [0.1, 0.15) is 0 Å². The van der Waals surface area contributed by atoms with Crippen molar-refractivity contribution >= 4 is 10.0 Å². The summed E-state index contributed by atoms with van der Waals surface area (Å²) >= 11 is 0. The van der Waals surface area contributed by atoms with Crippen molar-refractivity contribution in [1.29, 1.82) is 0 Å². The molecule has 0 heterocycles. The van der Waals surface area contributed by atoms with Gasteiger partial charge >= 0.3 is 0 Å². The van der Waals surface area contributed by atoms with E-state index in [9.17, 15) is 8.42 Å². The smallest absolute Gasteiger partial charge is 0.215 e. The number of sulfonamides is 1. The zero-order valence-electron chi connectivity index (χ0n) is 8.58. The van der Waals surface area contributed by atoms with Crippen LogP contribution in [0.3, 0.4) is 0 Å². The van der Waals surface area contributed by atoms with Crippen molar-refractivity contribution < 1.29 is 8.42 Å². The molecule has 0 saturated heterocycles. The van der Waals surface area contributed by atoms with Gasteiger partial charge in [-0.05, 0) is 19.8 Å². The summed E-state index contributed by atoms with van der Waals surface area (Å²) in [5.41, 5.74) is 5.30. The van der Waals surface area contributed by atoms with Gasteiger partial charge in [-0.2, -0.15) is 0 Å². The van der Waals surface area contributed by atoms with Crippen LogP contribution in [0.25, 0.3) is 0 Å². The first-order chi connectivity index (χ1) is 5.97. The fraction of sp³-hybridized carbons (Fsp3) is 1.00. The summed E-state index contributed by atoms with van der Waals surface area (Å²) in [7, 11) is -3.21. The molecule has 0 spiro atoms. The summed E-state index contributed by atoms with van der Waals surface area (Å²) < 4.78 is 25.6. The van der Waals surface area contributed by atoms with Crippen molar-refractivity contribution in [1.82, 2.24) is 4.72 Å². The van der Waals surface area contributed by atoms with E-state index in [1.54, 1.807) is 6.92 Å². The van der Waals surface area contributed by atoms with E-state index >= 15 is 0 Å². The lowest BCUT2D eigenvalue weighted by atomic mass is 10.2. The summed E-state index contributed by atoms with van der Waals surface area (Å²) in [4.78, 5) is 0. The maximum Gasteiger partial charge on any atom is 0.215 e. The van der Waals surface area contributed by atoms with Gasteiger partial charge in [-0.15, -0.1) is 0 Å². The second-order valence-corrected chi connectivity index (χ2v) is 5.35. The summed E-state index contributed by atoms with van der Waals surface area (Å²) in [5, 5.41) is -0.506. The lowest BCUT2D eigenvalue weighted by molar-refractivity contribution is 0.522. The van der Waals surface area contributed by atoms with Crippen LogP contribution in [0.2, 0.25) is 0 Å².